The summed E-state index contributed by atoms with van der Waals surface area (Å²) >= 11 is 0. The van der Waals surface area contributed by atoms with Gasteiger partial charge in [0.15, 0.2) is 0 Å². The van der Waals surface area contributed by atoms with Crippen molar-refractivity contribution in [1.82, 2.24) is 0 Å². The highest BCUT2D eigenvalue weighted by Crippen LogP contribution is 2.34. The van der Waals surface area contributed by atoms with E-state index in [1.807, 2.05) is 42.2 Å². The monoisotopic (exact) mass is 296 g/mol. The molecule has 2 aliphatic rings. The fourth-order valence-electron chi connectivity index (χ4n) is 3.01. The summed E-state index contributed by atoms with van der Waals surface area (Å²) in [6.45, 7) is 6.26. The van der Waals surface area contributed by atoms with Gasteiger partial charge in [-0.1, -0.05) is 24.3 Å². The van der Waals surface area contributed by atoms with Gasteiger partial charge in [-0.2, -0.15) is 0 Å². The Morgan fingerprint density at radius 3 is 2.91 bits per heavy atom. The van der Waals surface area contributed by atoms with Crippen molar-refractivity contribution in [3.8, 4) is 0 Å². The van der Waals surface area contributed by atoms with Crippen LogP contribution >= 0.6 is 0 Å². The Labute approximate surface area is 130 Å². The Hall–Kier alpha value is -2.20. The van der Waals surface area contributed by atoms with Gasteiger partial charge in [0.25, 0.3) is 5.91 Å². The number of aliphatic imine (C=N–C) groups is 1. The van der Waals surface area contributed by atoms with Crippen LogP contribution in [0.5, 0.6) is 0 Å². The van der Waals surface area contributed by atoms with E-state index in [4.69, 9.17) is 4.74 Å². The fraction of sp³-hybridized carbons (Fsp3) is 0.333. The summed E-state index contributed by atoms with van der Waals surface area (Å²) in [7, 11) is 1.66. The van der Waals surface area contributed by atoms with Gasteiger partial charge in [0.05, 0.1) is 16.9 Å². The number of fused-ring (bicyclic) bond motifs is 1. The summed E-state index contributed by atoms with van der Waals surface area (Å²) in [5.74, 6) is -0.0356. The van der Waals surface area contributed by atoms with Crippen LogP contribution in [-0.2, 0) is 16.0 Å². The number of ether oxygens (including phenoxy) is 1. The molecule has 1 aromatic carbocycles. The number of rotatable bonds is 3. The summed E-state index contributed by atoms with van der Waals surface area (Å²) in [6, 6.07) is 8.02. The topological polar surface area (TPSA) is 41.9 Å². The molecule has 0 aromatic heterocycles. The maximum atomic E-state index is 13.0. The number of benzene rings is 1. The van der Waals surface area contributed by atoms with Crippen LogP contribution in [0.3, 0.4) is 0 Å². The zero-order valence-electron chi connectivity index (χ0n) is 13.0. The summed E-state index contributed by atoms with van der Waals surface area (Å²) in [6.07, 6.45) is 5.37. The Balaban J connectivity index is 1.97. The molecule has 114 valence electrons. The summed E-state index contributed by atoms with van der Waals surface area (Å²) in [5.41, 5.74) is 2.94. The molecule has 0 bridgehead atoms. The van der Waals surface area contributed by atoms with Gasteiger partial charge in [-0.15, -0.1) is 0 Å². The first kappa shape index (κ1) is 14.7. The largest absolute Gasteiger partial charge is 0.374 e. The van der Waals surface area contributed by atoms with Crippen LogP contribution in [0.15, 0.2) is 52.7 Å². The van der Waals surface area contributed by atoms with Crippen molar-refractivity contribution in [2.24, 2.45) is 4.99 Å². The molecular weight excluding hydrogens is 276 g/mol. The minimum absolute atomic E-state index is 0.0356. The standard InChI is InChI=1S/C18H20N2O2/c1-18(22-3)10-8-15(19-2)14(12-18)17(21)20-11-9-13-6-4-5-7-16(13)20/h4-8,12H,2,9-11H2,1,3H3. The Morgan fingerprint density at radius 2 is 2.18 bits per heavy atom. The minimum Gasteiger partial charge on any atom is -0.374 e. The number of hydrogen-bond acceptors (Lipinski definition) is 3. The highest BCUT2D eigenvalue weighted by molar-refractivity contribution is 6.10. The van der Waals surface area contributed by atoms with Crippen LogP contribution in [0, 0.1) is 0 Å². The first-order valence-corrected chi connectivity index (χ1v) is 7.43. The first-order chi connectivity index (χ1) is 10.6. The number of anilines is 1. The molecule has 1 unspecified atom stereocenters. The number of nitrogens with zero attached hydrogens (tertiary/aromatic N) is 2. The van der Waals surface area contributed by atoms with Gasteiger partial charge in [-0.3, -0.25) is 9.79 Å². The van der Waals surface area contributed by atoms with E-state index in [1.54, 1.807) is 7.11 Å². The minimum atomic E-state index is -0.474. The molecule has 1 aliphatic heterocycles. The Bertz CT molecular complexity index is 690. The van der Waals surface area contributed by atoms with Gasteiger partial charge in [-0.25, -0.2) is 0 Å². The normalized spacial score (nSPS) is 23.6. The molecule has 0 N–H and O–H groups in total. The summed E-state index contributed by atoms with van der Waals surface area (Å²) in [5, 5.41) is 0. The first-order valence-electron chi connectivity index (χ1n) is 7.43. The van der Waals surface area contributed by atoms with E-state index in [1.165, 1.54) is 5.56 Å². The SMILES string of the molecule is C=NC1=CCC(C)(OC)C=C1C(=O)N1CCc2ccccc21. The number of hydrogen-bond donors (Lipinski definition) is 0. The molecule has 1 atom stereocenters. The van der Waals surface area contributed by atoms with Crippen molar-refractivity contribution in [3.63, 3.8) is 0 Å². The van der Waals surface area contributed by atoms with Crippen molar-refractivity contribution in [3.05, 3.63) is 53.3 Å². The molecule has 1 aromatic rings. The molecule has 1 heterocycles. The number of methoxy groups -OCH3 is 1. The van der Waals surface area contributed by atoms with E-state index < -0.39 is 5.60 Å². The lowest BCUT2D eigenvalue weighted by molar-refractivity contribution is -0.115. The zero-order valence-corrected chi connectivity index (χ0v) is 13.0. The van der Waals surface area contributed by atoms with Crippen molar-refractivity contribution in [1.29, 1.82) is 0 Å². The van der Waals surface area contributed by atoms with Crippen molar-refractivity contribution < 1.29 is 9.53 Å². The van der Waals surface area contributed by atoms with Crippen LogP contribution in [0.4, 0.5) is 5.69 Å². The molecule has 4 heteroatoms. The molecule has 0 saturated heterocycles. The second-order valence-corrected chi connectivity index (χ2v) is 5.86. The zero-order chi connectivity index (χ0) is 15.7. The van der Waals surface area contributed by atoms with E-state index in [0.717, 1.165) is 12.1 Å². The fourth-order valence-corrected chi connectivity index (χ4v) is 3.01. The van der Waals surface area contributed by atoms with Crippen molar-refractivity contribution in [2.45, 2.75) is 25.4 Å². The molecule has 0 saturated carbocycles. The summed E-state index contributed by atoms with van der Waals surface area (Å²) < 4.78 is 5.53. The third-order valence-electron chi connectivity index (χ3n) is 4.43. The molecule has 3 rings (SSSR count). The molecule has 1 amide bonds. The van der Waals surface area contributed by atoms with Gasteiger partial charge >= 0.3 is 0 Å². The highest BCUT2D eigenvalue weighted by atomic mass is 16.5. The maximum Gasteiger partial charge on any atom is 0.260 e. The van der Waals surface area contributed by atoms with E-state index in [-0.39, 0.29) is 5.91 Å². The third kappa shape index (κ3) is 2.40. The van der Waals surface area contributed by atoms with Crippen molar-refractivity contribution >= 4 is 18.3 Å². The molecule has 0 fully saturated rings. The quantitative estimate of drug-likeness (QED) is 0.805. The number of amides is 1. The third-order valence-corrected chi connectivity index (χ3v) is 4.43. The highest BCUT2D eigenvalue weighted by Gasteiger charge is 2.33. The van der Waals surface area contributed by atoms with Crippen LogP contribution < -0.4 is 4.90 Å². The summed E-state index contributed by atoms with van der Waals surface area (Å²) in [4.78, 5) is 18.8. The maximum absolute atomic E-state index is 13.0. The van der Waals surface area contributed by atoms with E-state index >= 15 is 0 Å². The molecule has 0 radical (unpaired) electrons. The van der Waals surface area contributed by atoms with Crippen molar-refractivity contribution in [2.75, 3.05) is 18.6 Å². The van der Waals surface area contributed by atoms with Gasteiger partial charge in [-0.05, 0) is 37.8 Å². The van der Waals surface area contributed by atoms with Gasteiger partial charge in [0.1, 0.15) is 0 Å². The average Bonchev–Trinajstić information content (AvgIpc) is 2.98. The van der Waals surface area contributed by atoms with Gasteiger partial charge in [0, 0.05) is 25.8 Å². The van der Waals surface area contributed by atoms with E-state index in [9.17, 15) is 4.79 Å². The predicted molar refractivity (Wildman–Crippen MR) is 88.2 cm³/mol. The smallest absolute Gasteiger partial charge is 0.260 e. The molecule has 4 nitrogen and oxygen atoms in total. The number of para-hydroxylation sites is 1. The number of carbonyl (C=O) groups is 1. The lowest BCUT2D eigenvalue weighted by atomic mass is 9.90. The number of carbonyl (C=O) groups excluding carboxylic acids is 1. The van der Waals surface area contributed by atoms with Crippen LogP contribution in [0.2, 0.25) is 0 Å². The van der Waals surface area contributed by atoms with Crippen LogP contribution in [0.25, 0.3) is 0 Å². The lowest BCUT2D eigenvalue weighted by Crippen LogP contribution is -2.35. The van der Waals surface area contributed by atoms with Gasteiger partial charge in [0.2, 0.25) is 0 Å². The van der Waals surface area contributed by atoms with Gasteiger partial charge < -0.3 is 9.64 Å². The van der Waals surface area contributed by atoms with E-state index in [0.29, 0.717) is 24.2 Å². The van der Waals surface area contributed by atoms with E-state index in [2.05, 4.69) is 17.8 Å². The van der Waals surface area contributed by atoms with Crippen LogP contribution in [-0.4, -0.2) is 31.9 Å². The predicted octanol–water partition coefficient (Wildman–Crippen LogP) is 2.90. The second kappa shape index (κ2) is 5.54. The molecule has 0 spiro atoms. The Morgan fingerprint density at radius 1 is 1.41 bits per heavy atom. The average molecular weight is 296 g/mol. The second-order valence-electron chi connectivity index (χ2n) is 5.86. The molecule has 22 heavy (non-hydrogen) atoms. The molecule has 1 aliphatic carbocycles. The lowest BCUT2D eigenvalue weighted by Gasteiger charge is -2.29. The molecular formula is C18H20N2O2. The Kier molecular flexibility index (Phi) is 3.71. The van der Waals surface area contributed by atoms with Crippen LogP contribution in [0.1, 0.15) is 18.9 Å².